The summed E-state index contributed by atoms with van der Waals surface area (Å²) in [5.74, 6) is 0.529. The Labute approximate surface area is 88.6 Å². The van der Waals surface area contributed by atoms with Gasteiger partial charge in [0.15, 0.2) is 5.03 Å². The van der Waals surface area contributed by atoms with Gasteiger partial charge in [-0.05, 0) is 6.92 Å². The van der Waals surface area contributed by atoms with Crippen LogP contribution < -0.4 is 0 Å². The highest BCUT2D eigenvalue weighted by molar-refractivity contribution is 7.89. The number of sulfonamides is 1. The average molecular weight is 228 g/mol. The smallest absolute Gasteiger partial charge is 0.261 e. The predicted octanol–water partition coefficient (Wildman–Crippen LogP) is 0.252. The number of imidazole rings is 1. The molecule has 7 heteroatoms. The lowest BCUT2D eigenvalue weighted by Crippen LogP contribution is -2.31. The quantitative estimate of drug-likeness (QED) is 0.748. The standard InChI is InChI=1S/C8H12N4O2S/c1-3-12(5-4-9)15(13,14)8-6-10-7(2)11-8/h6H,3,5H2,1-2H3,(H,10,11). The van der Waals surface area contributed by atoms with Crippen LogP contribution in [0.2, 0.25) is 0 Å². The Morgan fingerprint density at radius 2 is 2.33 bits per heavy atom. The maximum atomic E-state index is 11.9. The van der Waals surface area contributed by atoms with Crippen molar-refractivity contribution in [1.29, 1.82) is 5.26 Å². The summed E-state index contributed by atoms with van der Waals surface area (Å²) in [6, 6.07) is 1.81. The van der Waals surface area contributed by atoms with E-state index in [2.05, 4.69) is 9.97 Å². The number of aryl methyl sites for hydroxylation is 1. The van der Waals surface area contributed by atoms with Gasteiger partial charge in [-0.25, -0.2) is 13.4 Å². The molecule has 0 atom stereocenters. The van der Waals surface area contributed by atoms with Crippen molar-refractivity contribution in [3.8, 4) is 6.07 Å². The van der Waals surface area contributed by atoms with E-state index in [1.54, 1.807) is 13.8 Å². The van der Waals surface area contributed by atoms with Crippen molar-refractivity contribution in [2.75, 3.05) is 13.1 Å². The first-order valence-corrected chi connectivity index (χ1v) is 5.85. The van der Waals surface area contributed by atoms with Crippen molar-refractivity contribution in [1.82, 2.24) is 14.3 Å². The highest BCUT2D eigenvalue weighted by Gasteiger charge is 2.24. The van der Waals surface area contributed by atoms with E-state index in [-0.39, 0.29) is 18.1 Å². The van der Waals surface area contributed by atoms with Gasteiger partial charge in [-0.2, -0.15) is 9.57 Å². The molecule has 1 N–H and O–H groups in total. The van der Waals surface area contributed by atoms with E-state index in [4.69, 9.17) is 5.26 Å². The molecule has 0 aliphatic heterocycles. The van der Waals surface area contributed by atoms with E-state index < -0.39 is 10.0 Å². The van der Waals surface area contributed by atoms with Crippen molar-refractivity contribution in [2.24, 2.45) is 0 Å². The molecule has 0 radical (unpaired) electrons. The molecule has 1 aromatic heterocycles. The zero-order valence-corrected chi connectivity index (χ0v) is 9.37. The van der Waals surface area contributed by atoms with Gasteiger partial charge in [0.1, 0.15) is 12.4 Å². The van der Waals surface area contributed by atoms with Crippen LogP contribution in [0.1, 0.15) is 12.7 Å². The third-order valence-corrected chi connectivity index (χ3v) is 3.73. The van der Waals surface area contributed by atoms with Crippen LogP contribution in [-0.2, 0) is 10.0 Å². The summed E-state index contributed by atoms with van der Waals surface area (Å²) in [7, 11) is -3.60. The van der Waals surface area contributed by atoms with Crippen LogP contribution in [-0.4, -0.2) is 35.8 Å². The topological polar surface area (TPSA) is 89.8 Å². The molecule has 0 fully saturated rings. The van der Waals surface area contributed by atoms with E-state index >= 15 is 0 Å². The number of nitrogens with zero attached hydrogens (tertiary/aromatic N) is 3. The molecule has 0 aliphatic rings. The van der Waals surface area contributed by atoms with Gasteiger partial charge < -0.3 is 4.98 Å². The van der Waals surface area contributed by atoms with Crippen LogP contribution in [0.15, 0.2) is 11.2 Å². The molecule has 82 valence electrons. The van der Waals surface area contributed by atoms with Gasteiger partial charge in [-0.1, -0.05) is 6.92 Å². The Morgan fingerprint density at radius 3 is 2.73 bits per heavy atom. The molecule has 6 nitrogen and oxygen atoms in total. The first-order chi connectivity index (χ1) is 7.02. The molecular formula is C8H12N4O2S. The minimum Gasteiger partial charge on any atom is -0.332 e. The normalized spacial score (nSPS) is 11.6. The van der Waals surface area contributed by atoms with Gasteiger partial charge in [0, 0.05) is 6.54 Å². The number of nitrogens with one attached hydrogen (secondary N) is 1. The van der Waals surface area contributed by atoms with Crippen LogP contribution in [0.25, 0.3) is 0 Å². The lowest BCUT2D eigenvalue weighted by molar-refractivity contribution is 0.460. The summed E-state index contributed by atoms with van der Waals surface area (Å²) in [6.07, 6.45) is 1.25. The first-order valence-electron chi connectivity index (χ1n) is 4.41. The summed E-state index contributed by atoms with van der Waals surface area (Å²) in [4.78, 5) is 6.45. The predicted molar refractivity (Wildman–Crippen MR) is 53.4 cm³/mol. The van der Waals surface area contributed by atoms with Gasteiger partial charge in [0.25, 0.3) is 10.0 Å². The largest absolute Gasteiger partial charge is 0.332 e. The van der Waals surface area contributed by atoms with Crippen molar-refractivity contribution >= 4 is 10.0 Å². The molecule has 0 spiro atoms. The van der Waals surface area contributed by atoms with Crippen LogP contribution in [0.4, 0.5) is 0 Å². The molecule has 0 aliphatic carbocycles. The molecule has 15 heavy (non-hydrogen) atoms. The summed E-state index contributed by atoms with van der Waals surface area (Å²) >= 11 is 0. The number of hydrogen-bond acceptors (Lipinski definition) is 4. The van der Waals surface area contributed by atoms with E-state index in [0.29, 0.717) is 5.82 Å². The summed E-state index contributed by atoms with van der Waals surface area (Å²) in [5, 5.41) is 8.53. The van der Waals surface area contributed by atoms with E-state index in [9.17, 15) is 8.42 Å². The molecular weight excluding hydrogens is 216 g/mol. The van der Waals surface area contributed by atoms with Crippen molar-refractivity contribution in [2.45, 2.75) is 18.9 Å². The van der Waals surface area contributed by atoms with Crippen LogP contribution in [0.3, 0.4) is 0 Å². The highest BCUT2D eigenvalue weighted by atomic mass is 32.2. The number of aromatic nitrogens is 2. The Balaban J connectivity index is 3.07. The van der Waals surface area contributed by atoms with Gasteiger partial charge in [0.2, 0.25) is 0 Å². The molecule has 0 aromatic carbocycles. The lowest BCUT2D eigenvalue weighted by Gasteiger charge is -2.15. The van der Waals surface area contributed by atoms with Crippen LogP contribution >= 0.6 is 0 Å². The van der Waals surface area contributed by atoms with Crippen molar-refractivity contribution < 1.29 is 8.42 Å². The second-order valence-electron chi connectivity index (χ2n) is 2.92. The highest BCUT2D eigenvalue weighted by Crippen LogP contribution is 2.12. The zero-order valence-electron chi connectivity index (χ0n) is 8.56. The monoisotopic (exact) mass is 228 g/mol. The van der Waals surface area contributed by atoms with Crippen LogP contribution in [0.5, 0.6) is 0 Å². The average Bonchev–Trinajstić information content (AvgIpc) is 2.61. The molecule has 1 heterocycles. The Kier molecular flexibility index (Phi) is 3.44. The maximum absolute atomic E-state index is 11.9. The third kappa shape index (κ3) is 2.34. The number of aromatic amines is 1. The summed E-state index contributed by atoms with van der Waals surface area (Å²) < 4.78 is 24.8. The summed E-state index contributed by atoms with van der Waals surface area (Å²) in [6.45, 7) is 3.45. The molecule has 0 bridgehead atoms. The van der Waals surface area contributed by atoms with E-state index in [1.807, 2.05) is 6.07 Å². The minimum atomic E-state index is -3.60. The zero-order chi connectivity index (χ0) is 11.5. The van der Waals surface area contributed by atoms with Crippen molar-refractivity contribution in [3.05, 3.63) is 12.0 Å². The fourth-order valence-electron chi connectivity index (χ4n) is 1.11. The number of hydrogen-bond donors (Lipinski definition) is 1. The Morgan fingerprint density at radius 1 is 1.67 bits per heavy atom. The second-order valence-corrected chi connectivity index (χ2v) is 4.83. The molecule has 0 amide bonds. The van der Waals surface area contributed by atoms with Gasteiger partial charge >= 0.3 is 0 Å². The Bertz CT molecular complexity index is 471. The van der Waals surface area contributed by atoms with E-state index in [0.717, 1.165) is 4.31 Å². The molecule has 0 saturated carbocycles. The van der Waals surface area contributed by atoms with Gasteiger partial charge in [0.05, 0.1) is 12.3 Å². The maximum Gasteiger partial charge on any atom is 0.261 e. The fourth-order valence-corrected chi connectivity index (χ4v) is 2.42. The molecule has 1 rings (SSSR count). The second kappa shape index (κ2) is 4.42. The third-order valence-electron chi connectivity index (χ3n) is 1.90. The van der Waals surface area contributed by atoms with E-state index in [1.165, 1.54) is 6.20 Å². The molecule has 0 unspecified atom stereocenters. The van der Waals surface area contributed by atoms with Crippen molar-refractivity contribution in [3.63, 3.8) is 0 Å². The Hall–Kier alpha value is -1.39. The SMILES string of the molecule is CCN(CC#N)S(=O)(=O)c1cnc(C)[nH]1. The number of rotatable bonds is 4. The fraction of sp³-hybridized carbons (Fsp3) is 0.500. The lowest BCUT2D eigenvalue weighted by atomic mass is 10.6. The molecule has 1 aromatic rings. The minimum absolute atomic E-state index is 0.0251. The van der Waals surface area contributed by atoms with Crippen LogP contribution in [0, 0.1) is 18.3 Å². The summed E-state index contributed by atoms with van der Waals surface area (Å²) in [5.41, 5.74) is 0. The number of nitriles is 1. The molecule has 0 saturated heterocycles. The van der Waals surface area contributed by atoms with Gasteiger partial charge in [-0.3, -0.25) is 0 Å². The van der Waals surface area contributed by atoms with Gasteiger partial charge in [-0.15, -0.1) is 0 Å². The first kappa shape index (κ1) is 11.7. The number of H-pyrrole nitrogens is 1.